The molecule has 0 saturated carbocycles. The molecular formula is C15H3F13. The molecule has 0 fully saturated rings. The molecule has 0 bridgehead atoms. The van der Waals surface area contributed by atoms with E-state index in [1.165, 1.54) is 0 Å². The van der Waals surface area contributed by atoms with Crippen molar-refractivity contribution in [3.05, 3.63) is 57.7 Å². The average Bonchev–Trinajstić information content (AvgIpc) is 2.59. The molecule has 28 heavy (non-hydrogen) atoms. The molecule has 0 atom stereocenters. The molecule has 0 N–H and O–H groups in total. The van der Waals surface area contributed by atoms with E-state index >= 15 is 0 Å². The lowest BCUT2D eigenvalue weighted by atomic mass is 9.89. The minimum Gasteiger partial charge on any atom is -0.203 e. The Kier molecular flexibility index (Phi) is 5.11. The standard InChI is InChI=1S/C15H3F13/c1-2-3(4-7(17)11(21)13(23)12(22)8(4)18)5(9(19)10(20)6(2)16)14(24,25)15(26,27)28/h1H3. The summed E-state index contributed by atoms with van der Waals surface area (Å²) in [5.74, 6) is -29.3. The predicted octanol–water partition coefficient (Wildman–Crippen LogP) is 6.43. The molecule has 0 heterocycles. The first-order chi connectivity index (χ1) is 12.6. The Hall–Kier alpha value is -2.47. The van der Waals surface area contributed by atoms with Gasteiger partial charge in [0, 0.05) is 5.56 Å². The molecule has 0 aliphatic heterocycles. The number of hydrogen-bond donors (Lipinski definition) is 0. The summed E-state index contributed by atoms with van der Waals surface area (Å²) in [6.45, 7) is 0.182. The van der Waals surface area contributed by atoms with Crippen LogP contribution in [0.4, 0.5) is 57.1 Å². The van der Waals surface area contributed by atoms with E-state index in [4.69, 9.17) is 0 Å². The second-order valence-corrected chi connectivity index (χ2v) is 5.33. The third-order valence-corrected chi connectivity index (χ3v) is 3.69. The first-order valence-electron chi connectivity index (χ1n) is 6.71. The SMILES string of the molecule is Cc1c(F)c(F)c(F)c(C(F)(F)C(F)(F)F)c1-c1c(F)c(F)c(F)c(F)c1F. The Morgan fingerprint density at radius 1 is 0.464 bits per heavy atom. The van der Waals surface area contributed by atoms with Gasteiger partial charge in [0.2, 0.25) is 5.82 Å². The van der Waals surface area contributed by atoms with Gasteiger partial charge >= 0.3 is 12.1 Å². The van der Waals surface area contributed by atoms with Gasteiger partial charge in [-0.2, -0.15) is 22.0 Å². The fourth-order valence-corrected chi connectivity index (χ4v) is 2.35. The van der Waals surface area contributed by atoms with E-state index < -0.39 is 80.9 Å². The minimum atomic E-state index is -6.70. The lowest BCUT2D eigenvalue weighted by Crippen LogP contribution is -2.36. The van der Waals surface area contributed by atoms with Crippen LogP contribution in [0.3, 0.4) is 0 Å². The smallest absolute Gasteiger partial charge is 0.203 e. The molecule has 0 spiro atoms. The van der Waals surface area contributed by atoms with Crippen LogP contribution in [0.5, 0.6) is 0 Å². The topological polar surface area (TPSA) is 0 Å². The molecule has 2 rings (SSSR count). The highest BCUT2D eigenvalue weighted by Crippen LogP contribution is 2.51. The van der Waals surface area contributed by atoms with Crippen LogP contribution in [-0.4, -0.2) is 6.18 Å². The highest BCUT2D eigenvalue weighted by molar-refractivity contribution is 5.74. The maximum absolute atomic E-state index is 13.9. The van der Waals surface area contributed by atoms with Gasteiger partial charge in [-0.05, 0) is 12.5 Å². The van der Waals surface area contributed by atoms with Gasteiger partial charge in [-0.3, -0.25) is 0 Å². The third-order valence-electron chi connectivity index (χ3n) is 3.69. The first-order valence-corrected chi connectivity index (χ1v) is 6.71. The number of rotatable bonds is 2. The van der Waals surface area contributed by atoms with Gasteiger partial charge in [-0.15, -0.1) is 0 Å². The van der Waals surface area contributed by atoms with Crippen molar-refractivity contribution in [3.63, 3.8) is 0 Å². The average molecular weight is 430 g/mol. The highest BCUT2D eigenvalue weighted by atomic mass is 19.4. The maximum Gasteiger partial charge on any atom is 0.458 e. The highest BCUT2D eigenvalue weighted by Gasteiger charge is 2.62. The summed E-state index contributed by atoms with van der Waals surface area (Å²) in [5, 5.41) is 0. The lowest BCUT2D eigenvalue weighted by molar-refractivity contribution is -0.290. The number of alkyl halides is 5. The van der Waals surface area contributed by atoms with Gasteiger partial charge < -0.3 is 0 Å². The summed E-state index contributed by atoms with van der Waals surface area (Å²) in [4.78, 5) is 0. The second-order valence-electron chi connectivity index (χ2n) is 5.33. The van der Waals surface area contributed by atoms with Gasteiger partial charge in [-0.25, -0.2) is 35.1 Å². The van der Waals surface area contributed by atoms with Crippen molar-refractivity contribution in [2.75, 3.05) is 0 Å². The zero-order valence-electron chi connectivity index (χ0n) is 12.9. The Morgan fingerprint density at radius 3 is 1.21 bits per heavy atom. The van der Waals surface area contributed by atoms with E-state index in [0.717, 1.165) is 0 Å². The predicted molar refractivity (Wildman–Crippen MR) is 66.2 cm³/mol. The molecule has 0 saturated heterocycles. The fourth-order valence-electron chi connectivity index (χ4n) is 2.35. The molecule has 13 heteroatoms. The fraction of sp³-hybridized carbons (Fsp3) is 0.200. The Morgan fingerprint density at radius 2 is 0.821 bits per heavy atom. The van der Waals surface area contributed by atoms with Crippen LogP contribution < -0.4 is 0 Å². The summed E-state index contributed by atoms with van der Waals surface area (Å²) in [6.07, 6.45) is -6.70. The second kappa shape index (κ2) is 6.55. The Bertz CT molecular complexity index is 943. The van der Waals surface area contributed by atoms with Crippen LogP contribution in [0.25, 0.3) is 11.1 Å². The van der Waals surface area contributed by atoms with E-state index in [1.807, 2.05) is 0 Å². The van der Waals surface area contributed by atoms with Gasteiger partial charge in [-0.1, -0.05) is 0 Å². The monoisotopic (exact) mass is 430 g/mol. The zero-order valence-corrected chi connectivity index (χ0v) is 12.9. The summed E-state index contributed by atoms with van der Waals surface area (Å²) < 4.78 is 174. The summed E-state index contributed by atoms with van der Waals surface area (Å²) in [5.41, 5.74) is -9.74. The number of hydrogen-bond acceptors (Lipinski definition) is 0. The van der Waals surface area contributed by atoms with Crippen LogP contribution in [0.2, 0.25) is 0 Å². The van der Waals surface area contributed by atoms with Crippen molar-refractivity contribution in [1.82, 2.24) is 0 Å². The van der Waals surface area contributed by atoms with E-state index in [1.54, 1.807) is 0 Å². The van der Waals surface area contributed by atoms with Crippen LogP contribution in [-0.2, 0) is 5.92 Å². The molecular weight excluding hydrogens is 427 g/mol. The maximum atomic E-state index is 13.9. The van der Waals surface area contributed by atoms with E-state index in [-0.39, 0.29) is 6.92 Å². The summed E-state index contributed by atoms with van der Waals surface area (Å²) in [6, 6.07) is 0. The number of halogens is 13. The van der Waals surface area contributed by atoms with Gasteiger partial charge in [0.05, 0.1) is 11.1 Å². The van der Waals surface area contributed by atoms with Crippen molar-refractivity contribution in [3.8, 4) is 11.1 Å². The normalized spacial score (nSPS) is 12.6. The first kappa shape index (κ1) is 21.8. The van der Waals surface area contributed by atoms with Crippen LogP contribution in [0.1, 0.15) is 11.1 Å². The number of benzene rings is 2. The van der Waals surface area contributed by atoms with Crippen LogP contribution >= 0.6 is 0 Å². The van der Waals surface area contributed by atoms with Gasteiger partial charge in [0.25, 0.3) is 0 Å². The van der Waals surface area contributed by atoms with Gasteiger partial charge in [0.15, 0.2) is 40.7 Å². The molecule has 0 unspecified atom stereocenters. The van der Waals surface area contributed by atoms with Crippen molar-refractivity contribution in [2.24, 2.45) is 0 Å². The van der Waals surface area contributed by atoms with Crippen LogP contribution in [0.15, 0.2) is 0 Å². The van der Waals surface area contributed by atoms with Crippen molar-refractivity contribution >= 4 is 0 Å². The van der Waals surface area contributed by atoms with Crippen LogP contribution in [0, 0.1) is 53.5 Å². The zero-order chi connectivity index (χ0) is 21.9. The molecule has 0 radical (unpaired) electrons. The molecule has 0 nitrogen and oxygen atoms in total. The lowest BCUT2D eigenvalue weighted by Gasteiger charge is -2.25. The van der Waals surface area contributed by atoms with Crippen molar-refractivity contribution < 1.29 is 57.1 Å². The molecule has 154 valence electrons. The molecule has 0 aliphatic carbocycles. The Balaban J connectivity index is 3.20. The largest absolute Gasteiger partial charge is 0.458 e. The van der Waals surface area contributed by atoms with Gasteiger partial charge in [0.1, 0.15) is 0 Å². The van der Waals surface area contributed by atoms with E-state index in [0.29, 0.717) is 0 Å². The van der Waals surface area contributed by atoms with Crippen molar-refractivity contribution in [2.45, 2.75) is 19.0 Å². The van der Waals surface area contributed by atoms with Crippen molar-refractivity contribution in [1.29, 1.82) is 0 Å². The quantitative estimate of drug-likeness (QED) is 0.293. The molecule has 2 aromatic carbocycles. The molecule has 0 amide bonds. The summed E-state index contributed by atoms with van der Waals surface area (Å²) >= 11 is 0. The molecule has 0 aromatic heterocycles. The molecule has 0 aliphatic rings. The minimum absolute atomic E-state index is 0.182. The Labute approximate surface area is 146 Å². The molecule has 2 aromatic rings. The summed E-state index contributed by atoms with van der Waals surface area (Å²) in [7, 11) is 0. The van der Waals surface area contributed by atoms with E-state index in [2.05, 4.69) is 0 Å². The third kappa shape index (κ3) is 2.87. The van der Waals surface area contributed by atoms with E-state index in [9.17, 15) is 57.1 Å².